The first kappa shape index (κ1) is 21.6. The predicted octanol–water partition coefficient (Wildman–Crippen LogP) is 2.18. The Morgan fingerprint density at radius 1 is 1.26 bits per heavy atom. The van der Waals surface area contributed by atoms with Gasteiger partial charge in [-0.25, -0.2) is 4.99 Å². The summed E-state index contributed by atoms with van der Waals surface area (Å²) in [6.07, 6.45) is 7.22. The molecule has 8 heteroatoms. The van der Waals surface area contributed by atoms with Crippen molar-refractivity contribution in [2.24, 2.45) is 10.9 Å². The van der Waals surface area contributed by atoms with Crippen molar-refractivity contribution < 1.29 is 19.4 Å². The third kappa shape index (κ3) is 5.55. The smallest absolute Gasteiger partial charge is 0.246 e. The van der Waals surface area contributed by atoms with Crippen molar-refractivity contribution in [1.82, 2.24) is 15.1 Å². The van der Waals surface area contributed by atoms with Crippen LogP contribution in [0.5, 0.6) is 5.75 Å². The van der Waals surface area contributed by atoms with E-state index in [1.165, 1.54) is 32.1 Å². The van der Waals surface area contributed by atoms with Crippen molar-refractivity contribution in [3.8, 4) is 5.75 Å². The molecular weight excluding hydrogens is 396 g/mol. The summed E-state index contributed by atoms with van der Waals surface area (Å²) in [6.45, 7) is 2.60. The number of hydrogen-bond acceptors (Lipinski definition) is 6. The number of nitrogens with zero attached hydrogens (tertiary/aromatic N) is 3. The molecule has 168 valence electrons. The highest BCUT2D eigenvalue weighted by Gasteiger charge is 2.29. The molecule has 2 fully saturated rings. The predicted molar refractivity (Wildman–Crippen MR) is 117 cm³/mol. The first-order valence-corrected chi connectivity index (χ1v) is 11.4. The molecule has 0 spiro atoms. The topological polar surface area (TPSA) is 94.5 Å². The minimum atomic E-state index is -0.0357. The minimum absolute atomic E-state index is 0.00637. The van der Waals surface area contributed by atoms with Gasteiger partial charge in [-0.1, -0.05) is 19.3 Å². The molecule has 1 aliphatic carbocycles. The Kier molecular flexibility index (Phi) is 7.06. The quantitative estimate of drug-likeness (QED) is 0.588. The molecular formula is C23H32N4O4. The Balaban J connectivity index is 1.23. The van der Waals surface area contributed by atoms with Crippen molar-refractivity contribution in [2.75, 3.05) is 32.8 Å². The summed E-state index contributed by atoms with van der Waals surface area (Å²) >= 11 is 0. The Bertz CT molecular complexity index is 835. The van der Waals surface area contributed by atoms with Gasteiger partial charge in [0.25, 0.3) is 0 Å². The van der Waals surface area contributed by atoms with Gasteiger partial charge in [-0.05, 0) is 43.4 Å². The number of guanidine groups is 1. The minimum Gasteiger partial charge on any atom is -0.494 e. The number of nitrogens with one attached hydrogen (secondary N) is 1. The number of ether oxygens (including phenoxy) is 1. The van der Waals surface area contributed by atoms with E-state index >= 15 is 0 Å². The molecule has 3 aliphatic rings. The van der Waals surface area contributed by atoms with E-state index in [-0.39, 0.29) is 18.4 Å². The number of aliphatic hydroxyl groups excluding tert-OH is 1. The van der Waals surface area contributed by atoms with Crippen molar-refractivity contribution in [3.63, 3.8) is 0 Å². The summed E-state index contributed by atoms with van der Waals surface area (Å²) in [5.41, 5.74) is 1.87. The molecule has 2 N–H and O–H groups in total. The molecule has 31 heavy (non-hydrogen) atoms. The first-order chi connectivity index (χ1) is 15.1. The van der Waals surface area contributed by atoms with Crippen LogP contribution in [0, 0.1) is 5.92 Å². The van der Waals surface area contributed by atoms with Gasteiger partial charge in [0, 0.05) is 31.6 Å². The number of rotatable bonds is 9. The number of aliphatic imine (C=N–C) groups is 1. The Hall–Kier alpha value is -2.61. The molecule has 0 unspecified atom stereocenters. The van der Waals surface area contributed by atoms with E-state index in [1.807, 2.05) is 28.0 Å². The number of carbonyl (C=O) groups excluding carboxylic acids is 2. The van der Waals surface area contributed by atoms with Crippen LogP contribution in [-0.4, -0.2) is 65.5 Å². The third-order valence-corrected chi connectivity index (χ3v) is 6.25. The summed E-state index contributed by atoms with van der Waals surface area (Å²) in [4.78, 5) is 32.4. The summed E-state index contributed by atoms with van der Waals surface area (Å²) < 4.78 is 5.87. The number of benzene rings is 1. The van der Waals surface area contributed by atoms with Crippen LogP contribution in [0.3, 0.4) is 0 Å². The molecule has 1 aromatic carbocycles. The molecule has 1 aromatic rings. The normalized spacial score (nSPS) is 18.2. The van der Waals surface area contributed by atoms with Gasteiger partial charge in [0.2, 0.25) is 17.8 Å². The molecule has 0 radical (unpaired) electrons. The van der Waals surface area contributed by atoms with Gasteiger partial charge >= 0.3 is 0 Å². The Morgan fingerprint density at radius 2 is 2.10 bits per heavy atom. The van der Waals surface area contributed by atoms with Gasteiger partial charge < -0.3 is 19.6 Å². The molecule has 0 atom stereocenters. The Labute approximate surface area is 183 Å². The number of amides is 2. The lowest BCUT2D eigenvalue weighted by Crippen LogP contribution is -2.38. The zero-order valence-electron chi connectivity index (χ0n) is 18.0. The highest BCUT2D eigenvalue weighted by Crippen LogP contribution is 2.30. The zero-order valence-corrected chi connectivity index (χ0v) is 18.0. The van der Waals surface area contributed by atoms with E-state index in [0.29, 0.717) is 51.0 Å². The summed E-state index contributed by atoms with van der Waals surface area (Å²) in [5, 5.41) is 12.1. The van der Waals surface area contributed by atoms with Gasteiger partial charge in [-0.2, -0.15) is 0 Å². The molecule has 8 nitrogen and oxygen atoms in total. The van der Waals surface area contributed by atoms with Gasteiger partial charge in [0.1, 0.15) is 12.3 Å². The largest absolute Gasteiger partial charge is 0.494 e. The molecule has 1 saturated heterocycles. The van der Waals surface area contributed by atoms with Gasteiger partial charge in [0.05, 0.1) is 18.9 Å². The SMILES string of the molecule is O=C1CN2Cc3cc(OCCCC(=O)N(CCO)CC4CCCCC4)ccc3N=C2N1. The van der Waals surface area contributed by atoms with Crippen LogP contribution in [0.1, 0.15) is 50.5 Å². The van der Waals surface area contributed by atoms with E-state index < -0.39 is 0 Å². The first-order valence-electron chi connectivity index (χ1n) is 11.4. The maximum Gasteiger partial charge on any atom is 0.246 e. The summed E-state index contributed by atoms with van der Waals surface area (Å²) in [7, 11) is 0. The maximum absolute atomic E-state index is 12.6. The number of aliphatic hydroxyl groups is 1. The number of fused-ring (bicyclic) bond motifs is 2. The molecule has 0 aromatic heterocycles. The molecule has 1 saturated carbocycles. The fraction of sp³-hybridized carbons (Fsp3) is 0.609. The van der Waals surface area contributed by atoms with Crippen molar-refractivity contribution in [1.29, 1.82) is 0 Å². The average Bonchev–Trinajstić information content (AvgIpc) is 3.14. The maximum atomic E-state index is 12.6. The van der Waals surface area contributed by atoms with E-state index in [9.17, 15) is 14.7 Å². The van der Waals surface area contributed by atoms with Crippen LogP contribution in [-0.2, 0) is 16.1 Å². The highest BCUT2D eigenvalue weighted by atomic mass is 16.5. The van der Waals surface area contributed by atoms with Gasteiger partial charge in [-0.3, -0.25) is 14.9 Å². The monoisotopic (exact) mass is 428 g/mol. The van der Waals surface area contributed by atoms with Crippen molar-refractivity contribution in [3.05, 3.63) is 23.8 Å². The van der Waals surface area contributed by atoms with Crippen LogP contribution in [0.15, 0.2) is 23.2 Å². The number of carbonyl (C=O) groups is 2. The second-order valence-electron chi connectivity index (χ2n) is 8.65. The second-order valence-corrected chi connectivity index (χ2v) is 8.65. The lowest BCUT2D eigenvalue weighted by molar-refractivity contribution is -0.132. The zero-order chi connectivity index (χ0) is 21.6. The van der Waals surface area contributed by atoms with Crippen molar-refractivity contribution in [2.45, 2.75) is 51.5 Å². The summed E-state index contributed by atoms with van der Waals surface area (Å²) in [5.74, 6) is 2.00. The third-order valence-electron chi connectivity index (χ3n) is 6.25. The van der Waals surface area contributed by atoms with E-state index in [2.05, 4.69) is 10.3 Å². The molecule has 2 heterocycles. The second kappa shape index (κ2) is 10.1. The molecule has 4 rings (SSSR count). The van der Waals surface area contributed by atoms with Gasteiger partial charge in [0.15, 0.2) is 0 Å². The Morgan fingerprint density at radius 3 is 2.90 bits per heavy atom. The molecule has 2 amide bonds. The fourth-order valence-electron chi connectivity index (χ4n) is 4.62. The van der Waals surface area contributed by atoms with Crippen molar-refractivity contribution >= 4 is 23.5 Å². The molecule has 2 aliphatic heterocycles. The van der Waals surface area contributed by atoms with E-state index in [0.717, 1.165) is 23.5 Å². The lowest BCUT2D eigenvalue weighted by atomic mass is 9.89. The van der Waals surface area contributed by atoms with Crippen LogP contribution in [0.2, 0.25) is 0 Å². The lowest BCUT2D eigenvalue weighted by Gasteiger charge is -2.29. The standard InChI is InChI=1S/C23H32N4O4/c28-11-10-26(14-17-5-2-1-3-6-17)22(30)7-4-12-31-19-8-9-20-18(13-19)15-27-16-21(29)25-23(27)24-20/h8-9,13,17,28H,1-7,10-12,14-16H2,(H,24,25,29). The number of hydrogen-bond donors (Lipinski definition) is 2. The van der Waals surface area contributed by atoms with Crippen LogP contribution in [0.25, 0.3) is 0 Å². The highest BCUT2D eigenvalue weighted by molar-refractivity contribution is 6.05. The molecule has 0 bridgehead atoms. The van der Waals surface area contributed by atoms with Crippen LogP contribution < -0.4 is 10.1 Å². The average molecular weight is 429 g/mol. The van der Waals surface area contributed by atoms with Gasteiger partial charge in [-0.15, -0.1) is 0 Å². The van der Waals surface area contributed by atoms with Crippen LogP contribution >= 0.6 is 0 Å². The van der Waals surface area contributed by atoms with E-state index in [1.54, 1.807) is 0 Å². The fourth-order valence-corrected chi connectivity index (χ4v) is 4.62. The van der Waals surface area contributed by atoms with E-state index in [4.69, 9.17) is 4.74 Å². The van der Waals surface area contributed by atoms with Crippen LogP contribution in [0.4, 0.5) is 5.69 Å². The summed E-state index contributed by atoms with van der Waals surface area (Å²) in [6, 6.07) is 5.73.